The van der Waals surface area contributed by atoms with E-state index < -0.39 is 0 Å². The van der Waals surface area contributed by atoms with Crippen LogP contribution >= 0.6 is 0 Å². The highest BCUT2D eigenvalue weighted by Crippen LogP contribution is 2.24. The Morgan fingerprint density at radius 3 is 2.84 bits per heavy atom. The van der Waals surface area contributed by atoms with Gasteiger partial charge in [-0.3, -0.25) is 0 Å². The number of aryl methyl sites for hydroxylation is 2. The molecule has 0 unspecified atom stereocenters. The molecule has 0 fully saturated rings. The third-order valence-corrected chi connectivity index (χ3v) is 3.26. The minimum absolute atomic E-state index is 0.536. The summed E-state index contributed by atoms with van der Waals surface area (Å²) in [7, 11) is 0. The average Bonchev–Trinajstić information content (AvgIpc) is 2.89. The number of rotatable bonds is 6. The van der Waals surface area contributed by atoms with Gasteiger partial charge in [-0.25, -0.2) is 4.98 Å². The molecule has 0 amide bonds. The van der Waals surface area contributed by atoms with Crippen molar-refractivity contribution in [1.29, 1.82) is 0 Å². The van der Waals surface area contributed by atoms with E-state index in [4.69, 9.17) is 4.74 Å². The zero-order valence-corrected chi connectivity index (χ0v) is 12.0. The summed E-state index contributed by atoms with van der Waals surface area (Å²) in [5.74, 6) is 1.55. The Morgan fingerprint density at radius 2 is 2.16 bits per heavy atom. The number of hydrogen-bond acceptors (Lipinski definition) is 2. The summed E-state index contributed by atoms with van der Waals surface area (Å²) in [6, 6.07) is 6.48. The molecule has 0 bridgehead atoms. The Labute approximate surface area is 115 Å². The lowest BCUT2D eigenvalue weighted by Crippen LogP contribution is -2.04. The van der Waals surface area contributed by atoms with E-state index in [1.54, 1.807) is 6.20 Å². The molecule has 102 valence electrons. The molecule has 19 heavy (non-hydrogen) atoms. The fourth-order valence-corrected chi connectivity index (χ4v) is 1.98. The number of benzene rings is 1. The van der Waals surface area contributed by atoms with Crippen LogP contribution in [0.25, 0.3) is 0 Å². The molecule has 0 aliphatic carbocycles. The van der Waals surface area contributed by atoms with Gasteiger partial charge in [-0.05, 0) is 36.5 Å². The summed E-state index contributed by atoms with van der Waals surface area (Å²) in [4.78, 5) is 4.03. The minimum atomic E-state index is 0.536. The lowest BCUT2D eigenvalue weighted by Gasteiger charge is -2.13. The molecule has 0 aliphatic rings. The molecule has 3 heteroatoms. The highest BCUT2D eigenvalue weighted by Gasteiger charge is 2.04. The van der Waals surface area contributed by atoms with Crippen molar-refractivity contribution in [3.8, 4) is 5.75 Å². The number of ether oxygens (including phenoxy) is 1. The maximum atomic E-state index is 5.89. The topological polar surface area (TPSA) is 27.1 Å². The van der Waals surface area contributed by atoms with Crippen molar-refractivity contribution in [2.75, 3.05) is 6.61 Å². The molecule has 0 saturated heterocycles. The standard InChI is InChI=1S/C16H22N2O/c1-13(2)15-6-5-14(3)16(11-15)19-10-4-8-18-9-7-17-12-18/h5-7,9,11-13H,4,8,10H2,1-3H3. The van der Waals surface area contributed by atoms with Crippen LogP contribution in [0, 0.1) is 6.92 Å². The van der Waals surface area contributed by atoms with Gasteiger partial charge < -0.3 is 9.30 Å². The molecule has 2 aromatic rings. The largest absolute Gasteiger partial charge is 0.493 e. The van der Waals surface area contributed by atoms with Crippen molar-refractivity contribution in [1.82, 2.24) is 9.55 Å². The van der Waals surface area contributed by atoms with Gasteiger partial charge in [0.1, 0.15) is 5.75 Å². The van der Waals surface area contributed by atoms with Gasteiger partial charge in [0.2, 0.25) is 0 Å². The lowest BCUT2D eigenvalue weighted by atomic mass is 10.0. The molecule has 0 radical (unpaired) electrons. The van der Waals surface area contributed by atoms with Gasteiger partial charge in [0.05, 0.1) is 12.9 Å². The van der Waals surface area contributed by atoms with E-state index in [1.165, 1.54) is 11.1 Å². The van der Waals surface area contributed by atoms with E-state index in [9.17, 15) is 0 Å². The Hall–Kier alpha value is -1.77. The van der Waals surface area contributed by atoms with Crippen molar-refractivity contribution in [2.45, 2.75) is 39.7 Å². The molecule has 0 N–H and O–H groups in total. The van der Waals surface area contributed by atoms with E-state index in [2.05, 4.69) is 48.5 Å². The smallest absolute Gasteiger partial charge is 0.122 e. The molecule has 0 spiro atoms. The van der Waals surface area contributed by atoms with Crippen molar-refractivity contribution < 1.29 is 4.74 Å². The number of hydrogen-bond donors (Lipinski definition) is 0. The molecule has 0 aliphatic heterocycles. The molecule has 1 heterocycles. The molecular formula is C16H22N2O. The van der Waals surface area contributed by atoms with Gasteiger partial charge >= 0.3 is 0 Å². The van der Waals surface area contributed by atoms with Crippen LogP contribution in [0.2, 0.25) is 0 Å². The van der Waals surface area contributed by atoms with Crippen LogP contribution in [0.4, 0.5) is 0 Å². The second-order valence-corrected chi connectivity index (χ2v) is 5.18. The minimum Gasteiger partial charge on any atom is -0.493 e. The molecular weight excluding hydrogens is 236 g/mol. The Balaban J connectivity index is 1.86. The molecule has 1 aromatic carbocycles. The Bertz CT molecular complexity index is 503. The third kappa shape index (κ3) is 3.85. The molecule has 2 rings (SSSR count). The summed E-state index contributed by atoms with van der Waals surface area (Å²) < 4.78 is 7.96. The van der Waals surface area contributed by atoms with E-state index in [-0.39, 0.29) is 0 Å². The van der Waals surface area contributed by atoms with Crippen LogP contribution < -0.4 is 4.74 Å². The molecule has 3 nitrogen and oxygen atoms in total. The first-order valence-electron chi connectivity index (χ1n) is 6.86. The van der Waals surface area contributed by atoms with Crippen molar-refractivity contribution in [3.63, 3.8) is 0 Å². The fourth-order valence-electron chi connectivity index (χ4n) is 1.98. The maximum Gasteiger partial charge on any atom is 0.122 e. The predicted octanol–water partition coefficient (Wildman–Crippen LogP) is 3.78. The van der Waals surface area contributed by atoms with Gasteiger partial charge in [0.25, 0.3) is 0 Å². The van der Waals surface area contributed by atoms with Crippen molar-refractivity contribution in [2.24, 2.45) is 0 Å². The highest BCUT2D eigenvalue weighted by atomic mass is 16.5. The van der Waals surface area contributed by atoms with Crippen LogP contribution in [0.5, 0.6) is 5.75 Å². The van der Waals surface area contributed by atoms with Gasteiger partial charge in [0.15, 0.2) is 0 Å². The number of nitrogens with zero attached hydrogens (tertiary/aromatic N) is 2. The Morgan fingerprint density at radius 1 is 1.32 bits per heavy atom. The van der Waals surface area contributed by atoms with Crippen LogP contribution in [0.1, 0.15) is 37.3 Å². The third-order valence-electron chi connectivity index (χ3n) is 3.26. The van der Waals surface area contributed by atoms with E-state index in [0.717, 1.165) is 25.3 Å². The van der Waals surface area contributed by atoms with Gasteiger partial charge in [-0.2, -0.15) is 0 Å². The van der Waals surface area contributed by atoms with Crippen molar-refractivity contribution in [3.05, 3.63) is 48.0 Å². The van der Waals surface area contributed by atoms with Crippen LogP contribution in [-0.4, -0.2) is 16.2 Å². The summed E-state index contributed by atoms with van der Waals surface area (Å²) in [6.45, 7) is 8.18. The average molecular weight is 258 g/mol. The van der Waals surface area contributed by atoms with Gasteiger partial charge in [-0.1, -0.05) is 26.0 Å². The van der Waals surface area contributed by atoms with E-state index >= 15 is 0 Å². The van der Waals surface area contributed by atoms with E-state index in [0.29, 0.717) is 5.92 Å². The first kappa shape index (κ1) is 13.7. The normalized spacial score (nSPS) is 10.9. The first-order chi connectivity index (χ1) is 9.16. The SMILES string of the molecule is Cc1ccc(C(C)C)cc1OCCCn1ccnc1. The monoisotopic (exact) mass is 258 g/mol. The summed E-state index contributed by atoms with van der Waals surface area (Å²) in [5, 5.41) is 0. The second kappa shape index (κ2) is 6.41. The summed E-state index contributed by atoms with van der Waals surface area (Å²) in [6.07, 6.45) is 6.61. The predicted molar refractivity (Wildman–Crippen MR) is 77.6 cm³/mol. The van der Waals surface area contributed by atoms with Crippen molar-refractivity contribution >= 4 is 0 Å². The van der Waals surface area contributed by atoms with Crippen LogP contribution in [-0.2, 0) is 6.54 Å². The lowest BCUT2D eigenvalue weighted by molar-refractivity contribution is 0.299. The van der Waals surface area contributed by atoms with E-state index in [1.807, 2.05) is 12.5 Å². The van der Waals surface area contributed by atoms with Gasteiger partial charge in [-0.15, -0.1) is 0 Å². The maximum absolute atomic E-state index is 5.89. The summed E-state index contributed by atoms with van der Waals surface area (Å²) in [5.41, 5.74) is 2.53. The molecule has 0 atom stereocenters. The number of aromatic nitrogens is 2. The second-order valence-electron chi connectivity index (χ2n) is 5.18. The first-order valence-corrected chi connectivity index (χ1v) is 6.86. The number of imidazole rings is 1. The summed E-state index contributed by atoms with van der Waals surface area (Å²) >= 11 is 0. The van der Waals surface area contributed by atoms with Crippen LogP contribution in [0.3, 0.4) is 0 Å². The molecule has 0 saturated carbocycles. The zero-order valence-electron chi connectivity index (χ0n) is 12.0. The highest BCUT2D eigenvalue weighted by molar-refractivity contribution is 5.37. The quantitative estimate of drug-likeness (QED) is 0.737. The fraction of sp³-hybridized carbons (Fsp3) is 0.438. The van der Waals surface area contributed by atoms with Crippen LogP contribution in [0.15, 0.2) is 36.9 Å². The van der Waals surface area contributed by atoms with Gasteiger partial charge in [0, 0.05) is 18.9 Å². The zero-order chi connectivity index (χ0) is 13.7. The Kier molecular flexibility index (Phi) is 4.61. The molecule has 1 aromatic heterocycles.